The standard InChI is InChI=1S/C12H14BrNO/c1-12(2)11(15)7-8-14(12)10-5-3-9(13)4-6-10/h3-6H,7-8H2,1-2H3. The van der Waals surface area contributed by atoms with Gasteiger partial charge in [-0.15, -0.1) is 0 Å². The van der Waals surface area contributed by atoms with Gasteiger partial charge in [0.1, 0.15) is 0 Å². The van der Waals surface area contributed by atoms with Gasteiger partial charge in [-0.3, -0.25) is 4.79 Å². The summed E-state index contributed by atoms with van der Waals surface area (Å²) in [5.41, 5.74) is 0.766. The molecular weight excluding hydrogens is 254 g/mol. The van der Waals surface area contributed by atoms with Gasteiger partial charge in [0.15, 0.2) is 5.78 Å². The molecule has 0 amide bonds. The van der Waals surface area contributed by atoms with Crippen LogP contribution in [0, 0.1) is 0 Å². The van der Waals surface area contributed by atoms with Gasteiger partial charge in [-0.2, -0.15) is 0 Å². The van der Waals surface area contributed by atoms with Crippen LogP contribution in [0.15, 0.2) is 28.7 Å². The number of hydrogen-bond donors (Lipinski definition) is 0. The molecule has 1 aromatic rings. The Morgan fingerprint density at radius 3 is 2.33 bits per heavy atom. The van der Waals surface area contributed by atoms with Crippen LogP contribution in [0.2, 0.25) is 0 Å². The third kappa shape index (κ3) is 1.81. The molecule has 1 aliphatic rings. The predicted octanol–water partition coefficient (Wildman–Crippen LogP) is 3.01. The van der Waals surface area contributed by atoms with Gasteiger partial charge in [-0.1, -0.05) is 15.9 Å². The normalized spacial score (nSPS) is 19.7. The van der Waals surface area contributed by atoms with Crippen LogP contribution in [0.1, 0.15) is 20.3 Å². The summed E-state index contributed by atoms with van der Waals surface area (Å²) in [6, 6.07) is 8.11. The molecule has 0 aromatic heterocycles. The average molecular weight is 268 g/mol. The third-order valence-corrected chi connectivity index (χ3v) is 3.59. The minimum absolute atomic E-state index is 0.324. The molecule has 0 spiro atoms. The summed E-state index contributed by atoms with van der Waals surface area (Å²) in [5.74, 6) is 0.324. The molecule has 1 saturated heterocycles. The predicted molar refractivity (Wildman–Crippen MR) is 65.2 cm³/mol. The van der Waals surface area contributed by atoms with E-state index in [1.54, 1.807) is 0 Å². The minimum Gasteiger partial charge on any atom is -0.359 e. The molecule has 0 unspecified atom stereocenters. The minimum atomic E-state index is -0.353. The van der Waals surface area contributed by atoms with Gasteiger partial charge in [0, 0.05) is 23.1 Å². The van der Waals surface area contributed by atoms with Gasteiger partial charge in [0.25, 0.3) is 0 Å². The van der Waals surface area contributed by atoms with E-state index >= 15 is 0 Å². The Bertz CT molecular complexity index is 383. The first-order valence-corrected chi connectivity index (χ1v) is 5.87. The number of rotatable bonds is 1. The van der Waals surface area contributed by atoms with Crippen LogP contribution in [-0.2, 0) is 4.79 Å². The smallest absolute Gasteiger partial charge is 0.159 e. The number of carbonyl (C=O) groups is 1. The van der Waals surface area contributed by atoms with Crippen molar-refractivity contribution in [2.75, 3.05) is 11.4 Å². The van der Waals surface area contributed by atoms with Crippen LogP contribution < -0.4 is 4.90 Å². The van der Waals surface area contributed by atoms with E-state index in [1.165, 1.54) is 0 Å². The van der Waals surface area contributed by atoms with Crippen LogP contribution in [-0.4, -0.2) is 17.9 Å². The Labute approximate surface area is 98.4 Å². The summed E-state index contributed by atoms with van der Waals surface area (Å²) in [5, 5.41) is 0. The van der Waals surface area contributed by atoms with Crippen LogP contribution >= 0.6 is 15.9 Å². The van der Waals surface area contributed by atoms with Crippen LogP contribution in [0.25, 0.3) is 0 Å². The third-order valence-electron chi connectivity index (χ3n) is 3.06. The second kappa shape index (κ2) is 3.63. The summed E-state index contributed by atoms with van der Waals surface area (Å²) < 4.78 is 1.06. The zero-order valence-corrected chi connectivity index (χ0v) is 10.5. The lowest BCUT2D eigenvalue weighted by Crippen LogP contribution is -2.42. The van der Waals surface area contributed by atoms with E-state index < -0.39 is 0 Å². The lowest BCUT2D eigenvalue weighted by molar-refractivity contribution is -0.120. The molecule has 1 fully saturated rings. The largest absolute Gasteiger partial charge is 0.359 e. The van der Waals surface area contributed by atoms with Gasteiger partial charge in [0.2, 0.25) is 0 Å². The molecule has 80 valence electrons. The first kappa shape index (κ1) is 10.7. The highest BCUT2D eigenvalue weighted by atomic mass is 79.9. The second-order valence-electron chi connectivity index (χ2n) is 4.36. The highest BCUT2D eigenvalue weighted by molar-refractivity contribution is 9.10. The average Bonchev–Trinajstić information content (AvgIpc) is 2.44. The van der Waals surface area contributed by atoms with Crippen molar-refractivity contribution in [1.29, 1.82) is 0 Å². The van der Waals surface area contributed by atoms with Crippen LogP contribution in [0.3, 0.4) is 0 Å². The molecule has 1 aliphatic heterocycles. The van der Waals surface area contributed by atoms with Crippen molar-refractivity contribution in [3.05, 3.63) is 28.7 Å². The Kier molecular flexibility index (Phi) is 2.59. The Morgan fingerprint density at radius 2 is 1.87 bits per heavy atom. The van der Waals surface area contributed by atoms with Crippen molar-refractivity contribution in [2.45, 2.75) is 25.8 Å². The lowest BCUT2D eigenvalue weighted by atomic mass is 10.00. The molecule has 0 atom stereocenters. The highest BCUT2D eigenvalue weighted by Gasteiger charge is 2.39. The molecule has 1 heterocycles. The van der Waals surface area contributed by atoms with E-state index in [9.17, 15) is 4.79 Å². The number of nitrogens with zero attached hydrogens (tertiary/aromatic N) is 1. The molecule has 0 saturated carbocycles. The maximum absolute atomic E-state index is 11.7. The van der Waals surface area contributed by atoms with Gasteiger partial charge in [-0.05, 0) is 38.1 Å². The van der Waals surface area contributed by atoms with E-state index in [1.807, 2.05) is 38.1 Å². The molecule has 1 aromatic carbocycles. The Hall–Kier alpha value is -0.830. The number of anilines is 1. The van der Waals surface area contributed by atoms with Crippen molar-refractivity contribution < 1.29 is 4.79 Å². The number of hydrogen-bond acceptors (Lipinski definition) is 2. The summed E-state index contributed by atoms with van der Waals surface area (Å²) in [7, 11) is 0. The first-order valence-electron chi connectivity index (χ1n) is 5.08. The molecule has 15 heavy (non-hydrogen) atoms. The van der Waals surface area contributed by atoms with E-state index in [4.69, 9.17) is 0 Å². The number of halogens is 1. The monoisotopic (exact) mass is 267 g/mol. The summed E-state index contributed by atoms with van der Waals surface area (Å²) in [4.78, 5) is 13.9. The van der Waals surface area contributed by atoms with Crippen molar-refractivity contribution in [1.82, 2.24) is 0 Å². The van der Waals surface area contributed by atoms with Crippen molar-refractivity contribution >= 4 is 27.4 Å². The summed E-state index contributed by atoms with van der Waals surface area (Å²) >= 11 is 3.41. The Morgan fingerprint density at radius 1 is 1.27 bits per heavy atom. The first-order chi connectivity index (χ1) is 7.01. The van der Waals surface area contributed by atoms with Gasteiger partial charge >= 0.3 is 0 Å². The van der Waals surface area contributed by atoms with E-state index in [0.29, 0.717) is 12.2 Å². The van der Waals surface area contributed by atoms with Gasteiger partial charge < -0.3 is 4.90 Å². The topological polar surface area (TPSA) is 20.3 Å². The molecule has 0 aliphatic carbocycles. The molecule has 0 bridgehead atoms. The molecule has 0 radical (unpaired) electrons. The number of benzene rings is 1. The van der Waals surface area contributed by atoms with Crippen LogP contribution in [0.5, 0.6) is 0 Å². The zero-order chi connectivity index (χ0) is 11.1. The molecule has 3 heteroatoms. The SMILES string of the molecule is CC1(C)C(=O)CCN1c1ccc(Br)cc1. The quantitative estimate of drug-likeness (QED) is 0.780. The van der Waals surface area contributed by atoms with Crippen LogP contribution in [0.4, 0.5) is 5.69 Å². The zero-order valence-electron chi connectivity index (χ0n) is 8.96. The van der Waals surface area contributed by atoms with Gasteiger partial charge in [0.05, 0.1) is 5.54 Å². The maximum Gasteiger partial charge on any atom is 0.159 e. The Balaban J connectivity index is 2.32. The number of ketones is 1. The highest BCUT2D eigenvalue weighted by Crippen LogP contribution is 2.31. The summed E-state index contributed by atoms with van der Waals surface area (Å²) in [6.45, 7) is 4.81. The van der Waals surface area contributed by atoms with Crippen molar-refractivity contribution in [3.63, 3.8) is 0 Å². The number of carbonyl (C=O) groups excluding carboxylic acids is 1. The fourth-order valence-electron chi connectivity index (χ4n) is 2.02. The van der Waals surface area contributed by atoms with Gasteiger partial charge in [-0.25, -0.2) is 0 Å². The fourth-order valence-corrected chi connectivity index (χ4v) is 2.29. The molecule has 0 N–H and O–H groups in total. The second-order valence-corrected chi connectivity index (χ2v) is 5.28. The van der Waals surface area contributed by atoms with Crippen molar-refractivity contribution in [2.24, 2.45) is 0 Å². The van der Waals surface area contributed by atoms with E-state index in [0.717, 1.165) is 16.7 Å². The molecule has 2 nitrogen and oxygen atoms in total. The number of Topliss-reactive ketones (excluding diaryl/α,β-unsaturated/α-hetero) is 1. The fraction of sp³-hybridized carbons (Fsp3) is 0.417. The molecule has 2 rings (SSSR count). The maximum atomic E-state index is 11.7. The summed E-state index contributed by atoms with van der Waals surface area (Å²) in [6.07, 6.45) is 0.656. The molecular formula is C12H14BrNO. The van der Waals surface area contributed by atoms with Crippen molar-refractivity contribution in [3.8, 4) is 0 Å². The van der Waals surface area contributed by atoms with E-state index in [2.05, 4.69) is 20.8 Å². The lowest BCUT2D eigenvalue weighted by Gasteiger charge is -2.32. The van der Waals surface area contributed by atoms with E-state index in [-0.39, 0.29) is 5.54 Å².